The predicted octanol–water partition coefficient (Wildman–Crippen LogP) is 13.8. The zero-order valence-electron chi connectivity index (χ0n) is 32.0. The summed E-state index contributed by atoms with van der Waals surface area (Å²) < 4.78 is 4.74. The predicted molar refractivity (Wildman–Crippen MR) is 243 cm³/mol. The maximum atomic E-state index is 10.6. The third-order valence-electron chi connectivity index (χ3n) is 12.7. The molecular formula is C56H35N3. The Morgan fingerprint density at radius 2 is 0.915 bits per heavy atom. The van der Waals surface area contributed by atoms with E-state index in [0.717, 1.165) is 39.1 Å². The second-order valence-corrected chi connectivity index (χ2v) is 15.5. The Kier molecular flexibility index (Phi) is 7.21. The smallest absolute Gasteiger partial charge is 0.101 e. The van der Waals surface area contributed by atoms with Gasteiger partial charge in [-0.25, -0.2) is 0 Å². The van der Waals surface area contributed by atoms with Gasteiger partial charge in [0.05, 0.1) is 38.7 Å². The third-order valence-corrected chi connectivity index (χ3v) is 12.7. The van der Waals surface area contributed by atoms with Crippen molar-refractivity contribution < 1.29 is 0 Å². The minimum Gasteiger partial charge on any atom is -0.309 e. The van der Waals surface area contributed by atoms with Crippen molar-refractivity contribution >= 4 is 43.6 Å². The molecule has 12 rings (SSSR count). The summed E-state index contributed by atoms with van der Waals surface area (Å²) in [6.07, 6.45) is 0. The number of rotatable bonds is 5. The summed E-state index contributed by atoms with van der Waals surface area (Å²) >= 11 is 0. The van der Waals surface area contributed by atoms with E-state index in [2.05, 4.69) is 215 Å². The number of fused-ring (bicyclic) bond motifs is 10. The molecule has 3 nitrogen and oxygen atoms in total. The molecule has 0 fully saturated rings. The van der Waals surface area contributed by atoms with Crippen LogP contribution in [0.2, 0.25) is 0 Å². The Morgan fingerprint density at radius 1 is 0.390 bits per heavy atom. The molecule has 11 aromatic rings. The molecule has 3 heteroatoms. The van der Waals surface area contributed by atoms with Crippen LogP contribution in [0.4, 0.5) is 0 Å². The van der Waals surface area contributed by atoms with Crippen molar-refractivity contribution in [3.05, 3.63) is 240 Å². The van der Waals surface area contributed by atoms with Crippen molar-refractivity contribution in [1.29, 1.82) is 5.26 Å². The van der Waals surface area contributed by atoms with E-state index in [4.69, 9.17) is 0 Å². The van der Waals surface area contributed by atoms with Crippen molar-refractivity contribution in [2.24, 2.45) is 0 Å². The van der Waals surface area contributed by atoms with E-state index in [-0.39, 0.29) is 0 Å². The van der Waals surface area contributed by atoms with Crippen LogP contribution in [-0.4, -0.2) is 9.13 Å². The summed E-state index contributed by atoms with van der Waals surface area (Å²) in [7, 11) is 0. The van der Waals surface area contributed by atoms with Crippen molar-refractivity contribution in [2.75, 3.05) is 0 Å². The van der Waals surface area contributed by atoms with Gasteiger partial charge in [0.15, 0.2) is 0 Å². The first-order chi connectivity index (χ1) is 29.3. The molecule has 1 aliphatic carbocycles. The van der Waals surface area contributed by atoms with Gasteiger partial charge >= 0.3 is 0 Å². The molecule has 0 amide bonds. The highest BCUT2D eigenvalue weighted by molar-refractivity contribution is 6.16. The summed E-state index contributed by atoms with van der Waals surface area (Å²) in [5, 5.41) is 15.3. The van der Waals surface area contributed by atoms with E-state index in [0.29, 0.717) is 5.56 Å². The summed E-state index contributed by atoms with van der Waals surface area (Å²) in [6, 6.07) is 79.0. The van der Waals surface area contributed by atoms with Gasteiger partial charge in [-0.1, -0.05) is 176 Å². The molecule has 0 radical (unpaired) electrons. The summed E-state index contributed by atoms with van der Waals surface area (Å²) in [5.41, 5.74) is 16.3. The van der Waals surface area contributed by atoms with Crippen LogP contribution >= 0.6 is 0 Å². The summed E-state index contributed by atoms with van der Waals surface area (Å²) in [6.45, 7) is 0. The SMILES string of the molecule is N#Cc1cccc(-c2ccc(-n3c4ccccc4c4ccc5c(c43)-c3ccccc3C5(c3ccccc3)c3ccccc3)cc2)c1-n1c2ccccc2c2ccccc21. The van der Waals surface area contributed by atoms with Crippen LogP contribution in [0.3, 0.4) is 0 Å². The standard InChI is InChI=1S/C56H35N3/c57-36-38-16-15-25-42(54(38)59-51-28-13-8-21-43(51)44-22-9-14-29-52(44)59)37-30-32-41(33-31-37)58-50-27-12-10-23-45(50)46-34-35-49-53(55(46)58)47-24-7-11-26-48(47)56(49,39-17-3-1-4-18-39)40-19-5-2-6-20-40/h1-35H. The molecule has 0 bridgehead atoms. The number of nitriles is 1. The first kappa shape index (κ1) is 33.2. The molecule has 9 aromatic carbocycles. The van der Waals surface area contributed by atoms with E-state index in [1.165, 1.54) is 60.4 Å². The monoisotopic (exact) mass is 749 g/mol. The van der Waals surface area contributed by atoms with Crippen LogP contribution in [0.15, 0.2) is 212 Å². The quantitative estimate of drug-likeness (QED) is 0.172. The minimum atomic E-state index is -0.497. The normalized spacial score (nSPS) is 12.9. The molecule has 0 spiro atoms. The maximum absolute atomic E-state index is 10.6. The van der Waals surface area contributed by atoms with Gasteiger partial charge in [-0.3, -0.25) is 0 Å². The number of benzene rings is 9. The summed E-state index contributed by atoms with van der Waals surface area (Å²) in [5.74, 6) is 0. The van der Waals surface area contributed by atoms with Crippen molar-refractivity contribution in [3.8, 4) is 39.7 Å². The number of hydrogen-bond acceptors (Lipinski definition) is 1. The van der Waals surface area contributed by atoms with E-state index >= 15 is 0 Å². The molecule has 1 aliphatic rings. The van der Waals surface area contributed by atoms with Crippen LogP contribution in [0.1, 0.15) is 27.8 Å². The molecule has 0 aliphatic heterocycles. The Morgan fingerprint density at radius 3 is 1.54 bits per heavy atom. The fourth-order valence-corrected chi connectivity index (χ4v) is 10.3. The second kappa shape index (κ2) is 12.8. The molecule has 2 heterocycles. The van der Waals surface area contributed by atoms with Gasteiger partial charge in [0.2, 0.25) is 0 Å². The maximum Gasteiger partial charge on any atom is 0.101 e. The first-order valence-electron chi connectivity index (χ1n) is 20.2. The van der Waals surface area contributed by atoms with Crippen LogP contribution in [0.25, 0.3) is 77.2 Å². The molecule has 0 saturated carbocycles. The van der Waals surface area contributed by atoms with Crippen molar-refractivity contribution in [1.82, 2.24) is 9.13 Å². The highest BCUT2D eigenvalue weighted by atomic mass is 15.0. The average Bonchev–Trinajstić information content (AvgIpc) is 3.94. The highest BCUT2D eigenvalue weighted by Gasteiger charge is 2.47. The lowest BCUT2D eigenvalue weighted by Crippen LogP contribution is -2.28. The fourth-order valence-electron chi connectivity index (χ4n) is 10.3. The third kappa shape index (κ3) is 4.57. The van der Waals surface area contributed by atoms with Crippen LogP contribution in [-0.2, 0) is 5.41 Å². The van der Waals surface area contributed by atoms with Gasteiger partial charge in [0.25, 0.3) is 0 Å². The first-order valence-corrected chi connectivity index (χ1v) is 20.2. The van der Waals surface area contributed by atoms with E-state index in [1.54, 1.807) is 0 Å². The van der Waals surface area contributed by atoms with Crippen molar-refractivity contribution in [2.45, 2.75) is 5.41 Å². The molecule has 2 aromatic heterocycles. The molecular weight excluding hydrogens is 715 g/mol. The molecule has 0 unspecified atom stereocenters. The zero-order valence-corrected chi connectivity index (χ0v) is 32.0. The molecule has 0 N–H and O–H groups in total. The minimum absolute atomic E-state index is 0.497. The largest absolute Gasteiger partial charge is 0.309 e. The molecule has 0 saturated heterocycles. The number of aromatic nitrogens is 2. The Hall–Kier alpha value is -7.93. The zero-order chi connectivity index (χ0) is 39.1. The number of hydrogen-bond donors (Lipinski definition) is 0. The van der Waals surface area contributed by atoms with Crippen LogP contribution in [0.5, 0.6) is 0 Å². The lowest BCUT2D eigenvalue weighted by molar-refractivity contribution is 0.769. The van der Waals surface area contributed by atoms with Gasteiger partial charge in [-0.05, 0) is 69.8 Å². The second-order valence-electron chi connectivity index (χ2n) is 15.5. The lowest BCUT2D eigenvalue weighted by atomic mass is 9.67. The highest BCUT2D eigenvalue weighted by Crippen LogP contribution is 2.58. The number of nitrogens with zero attached hydrogens (tertiary/aromatic N) is 3. The number of para-hydroxylation sites is 4. The van der Waals surface area contributed by atoms with Gasteiger partial charge in [-0.15, -0.1) is 0 Å². The molecule has 59 heavy (non-hydrogen) atoms. The van der Waals surface area contributed by atoms with E-state index < -0.39 is 5.41 Å². The Balaban J connectivity index is 1.11. The molecule has 0 atom stereocenters. The lowest BCUT2D eigenvalue weighted by Gasteiger charge is -2.33. The Labute approximate surface area is 341 Å². The van der Waals surface area contributed by atoms with Gasteiger partial charge < -0.3 is 9.13 Å². The van der Waals surface area contributed by atoms with E-state index in [1.807, 2.05) is 12.1 Å². The van der Waals surface area contributed by atoms with Crippen LogP contribution in [0, 0.1) is 11.3 Å². The average molecular weight is 750 g/mol. The van der Waals surface area contributed by atoms with Gasteiger partial charge in [0, 0.05) is 38.4 Å². The summed E-state index contributed by atoms with van der Waals surface area (Å²) in [4.78, 5) is 0. The Bertz CT molecular complexity index is 3400. The van der Waals surface area contributed by atoms with Crippen molar-refractivity contribution in [3.63, 3.8) is 0 Å². The van der Waals surface area contributed by atoms with Crippen LogP contribution < -0.4 is 0 Å². The van der Waals surface area contributed by atoms with E-state index in [9.17, 15) is 5.26 Å². The molecule has 274 valence electrons. The van der Waals surface area contributed by atoms with Gasteiger partial charge in [-0.2, -0.15) is 5.26 Å². The fraction of sp³-hybridized carbons (Fsp3) is 0.0179. The topological polar surface area (TPSA) is 33.6 Å². The van der Waals surface area contributed by atoms with Gasteiger partial charge in [0.1, 0.15) is 6.07 Å².